The van der Waals surface area contributed by atoms with E-state index in [-0.39, 0.29) is 18.5 Å². The van der Waals surface area contributed by atoms with Crippen LogP contribution in [0.4, 0.5) is 0 Å². The molecule has 0 aliphatic carbocycles. The van der Waals surface area contributed by atoms with Crippen LogP contribution in [0, 0.1) is 0 Å². The van der Waals surface area contributed by atoms with Crippen LogP contribution in [0.3, 0.4) is 0 Å². The Labute approximate surface area is 164 Å². The van der Waals surface area contributed by atoms with Crippen LogP contribution >= 0.6 is 0 Å². The highest BCUT2D eigenvalue weighted by Crippen LogP contribution is 2.29. The largest absolute Gasteiger partial charge is 0.463 e. The third kappa shape index (κ3) is 4.77. The number of allylic oxidation sites excluding steroid dienone is 1. The van der Waals surface area contributed by atoms with Gasteiger partial charge in [-0.2, -0.15) is 0 Å². The summed E-state index contributed by atoms with van der Waals surface area (Å²) in [6, 6.07) is 17.7. The van der Waals surface area contributed by atoms with Gasteiger partial charge in [-0.25, -0.2) is 9.59 Å². The summed E-state index contributed by atoms with van der Waals surface area (Å²) in [5.41, 5.74) is 1.50. The molecule has 0 spiro atoms. The fourth-order valence-corrected chi connectivity index (χ4v) is 3.12. The normalized spacial score (nSPS) is 10.6. The van der Waals surface area contributed by atoms with Crippen molar-refractivity contribution in [1.82, 2.24) is 0 Å². The van der Waals surface area contributed by atoms with Crippen molar-refractivity contribution in [2.45, 2.75) is 26.7 Å². The van der Waals surface area contributed by atoms with E-state index in [0.717, 1.165) is 27.1 Å². The van der Waals surface area contributed by atoms with Crippen LogP contribution in [-0.2, 0) is 14.3 Å². The van der Waals surface area contributed by atoms with Crippen LogP contribution in [0.25, 0.3) is 21.5 Å². The summed E-state index contributed by atoms with van der Waals surface area (Å²) in [6.07, 6.45) is 2.74. The van der Waals surface area contributed by atoms with Crippen molar-refractivity contribution in [3.05, 3.63) is 71.8 Å². The van der Waals surface area contributed by atoms with Gasteiger partial charge < -0.3 is 9.47 Å². The molecule has 0 heterocycles. The quantitative estimate of drug-likeness (QED) is 0.238. The first-order valence-corrected chi connectivity index (χ1v) is 9.45. The molecule has 0 bridgehead atoms. The average molecular weight is 376 g/mol. The molecule has 0 saturated carbocycles. The van der Waals surface area contributed by atoms with Crippen molar-refractivity contribution in [3.8, 4) is 0 Å². The van der Waals surface area contributed by atoms with Gasteiger partial charge in [0.25, 0.3) is 0 Å². The standard InChI is InChI=1S/C24H24O4/c1-17(2)15-22(25)27-13-7-8-14-28-24(26)23-20-11-5-3-9-18(20)16-19-10-4-6-12-21(19)23/h3-6,9-12,15-16H,7-8,13-14H2,1-2H3. The summed E-state index contributed by atoms with van der Waals surface area (Å²) in [4.78, 5) is 24.3. The molecule has 0 atom stereocenters. The first-order valence-electron chi connectivity index (χ1n) is 9.45. The lowest BCUT2D eigenvalue weighted by Gasteiger charge is -2.11. The number of unbranched alkanes of at least 4 members (excludes halogenated alkanes) is 1. The van der Waals surface area contributed by atoms with Crippen LogP contribution in [0.2, 0.25) is 0 Å². The number of fused-ring (bicyclic) bond motifs is 2. The summed E-state index contributed by atoms with van der Waals surface area (Å²) in [5.74, 6) is -0.659. The highest BCUT2D eigenvalue weighted by atomic mass is 16.5. The Morgan fingerprint density at radius 3 is 1.93 bits per heavy atom. The number of carbonyl (C=O) groups excluding carboxylic acids is 2. The van der Waals surface area contributed by atoms with E-state index in [0.29, 0.717) is 25.0 Å². The molecule has 0 aliphatic rings. The number of benzene rings is 3. The Bertz CT molecular complexity index is 975. The van der Waals surface area contributed by atoms with E-state index in [1.54, 1.807) is 0 Å². The van der Waals surface area contributed by atoms with Crippen molar-refractivity contribution < 1.29 is 19.1 Å². The average Bonchev–Trinajstić information content (AvgIpc) is 2.68. The minimum Gasteiger partial charge on any atom is -0.463 e. The molecule has 0 saturated heterocycles. The van der Waals surface area contributed by atoms with Crippen molar-refractivity contribution in [2.24, 2.45) is 0 Å². The molecule has 0 amide bonds. The Hall–Kier alpha value is -3.14. The minimum atomic E-state index is -0.334. The number of hydrogen-bond acceptors (Lipinski definition) is 4. The van der Waals surface area contributed by atoms with Gasteiger partial charge in [0.1, 0.15) is 0 Å². The van der Waals surface area contributed by atoms with E-state index < -0.39 is 0 Å². The van der Waals surface area contributed by atoms with Gasteiger partial charge in [0.15, 0.2) is 0 Å². The minimum absolute atomic E-state index is 0.288. The van der Waals surface area contributed by atoms with Gasteiger partial charge in [0.05, 0.1) is 18.8 Å². The zero-order chi connectivity index (χ0) is 19.9. The van der Waals surface area contributed by atoms with Crippen molar-refractivity contribution in [2.75, 3.05) is 13.2 Å². The van der Waals surface area contributed by atoms with Gasteiger partial charge >= 0.3 is 11.9 Å². The number of carbonyl (C=O) groups is 2. The van der Waals surface area contributed by atoms with Crippen LogP contribution in [-0.4, -0.2) is 25.2 Å². The SMILES string of the molecule is CC(C)=CC(=O)OCCCCOC(=O)c1c2ccccc2cc2ccccc12. The molecular weight excluding hydrogens is 352 g/mol. The lowest BCUT2D eigenvalue weighted by atomic mass is 9.97. The predicted molar refractivity (Wildman–Crippen MR) is 111 cm³/mol. The lowest BCUT2D eigenvalue weighted by molar-refractivity contribution is -0.138. The van der Waals surface area contributed by atoms with Crippen molar-refractivity contribution in [1.29, 1.82) is 0 Å². The smallest absolute Gasteiger partial charge is 0.339 e. The molecule has 0 fully saturated rings. The van der Waals surface area contributed by atoms with Gasteiger partial charge in [0.2, 0.25) is 0 Å². The summed E-state index contributed by atoms with van der Waals surface area (Å²) in [5, 5.41) is 3.81. The maximum absolute atomic E-state index is 12.8. The highest BCUT2D eigenvalue weighted by molar-refractivity contribution is 6.16. The molecule has 0 aromatic heterocycles. The fraction of sp³-hybridized carbons (Fsp3) is 0.250. The number of hydrogen-bond donors (Lipinski definition) is 0. The molecule has 3 rings (SSSR count). The predicted octanol–water partition coefficient (Wildman–Crippen LogP) is 5.44. The zero-order valence-electron chi connectivity index (χ0n) is 16.2. The zero-order valence-corrected chi connectivity index (χ0v) is 16.2. The molecule has 28 heavy (non-hydrogen) atoms. The van der Waals surface area contributed by atoms with Gasteiger partial charge in [0, 0.05) is 6.08 Å². The van der Waals surface area contributed by atoms with Crippen molar-refractivity contribution in [3.63, 3.8) is 0 Å². The Morgan fingerprint density at radius 1 is 0.821 bits per heavy atom. The van der Waals surface area contributed by atoms with Crippen LogP contribution in [0.1, 0.15) is 37.0 Å². The summed E-state index contributed by atoms with van der Waals surface area (Å²) in [7, 11) is 0. The van der Waals surface area contributed by atoms with Gasteiger partial charge in [-0.15, -0.1) is 0 Å². The Kier molecular flexibility index (Phi) is 6.43. The molecule has 4 nitrogen and oxygen atoms in total. The first-order chi connectivity index (χ1) is 13.6. The summed E-state index contributed by atoms with van der Waals surface area (Å²) < 4.78 is 10.6. The van der Waals surface area contributed by atoms with Crippen LogP contribution < -0.4 is 0 Å². The molecule has 0 aliphatic heterocycles. The molecular formula is C24H24O4. The number of esters is 2. The maximum Gasteiger partial charge on any atom is 0.339 e. The third-order valence-corrected chi connectivity index (χ3v) is 4.40. The maximum atomic E-state index is 12.8. The van der Waals surface area contributed by atoms with Gasteiger partial charge in [-0.3, -0.25) is 0 Å². The Morgan fingerprint density at radius 2 is 1.36 bits per heavy atom. The van der Waals surface area contributed by atoms with E-state index in [4.69, 9.17) is 9.47 Å². The second-order valence-corrected chi connectivity index (χ2v) is 6.93. The number of rotatable bonds is 7. The topological polar surface area (TPSA) is 52.6 Å². The monoisotopic (exact) mass is 376 g/mol. The van der Waals surface area contributed by atoms with Crippen LogP contribution in [0.15, 0.2) is 66.2 Å². The molecule has 0 radical (unpaired) electrons. The third-order valence-electron chi connectivity index (χ3n) is 4.40. The second kappa shape index (κ2) is 9.18. The van der Waals surface area contributed by atoms with Gasteiger partial charge in [-0.05, 0) is 54.3 Å². The fourth-order valence-electron chi connectivity index (χ4n) is 3.12. The van der Waals surface area contributed by atoms with E-state index in [1.165, 1.54) is 6.08 Å². The molecule has 0 N–H and O–H groups in total. The molecule has 3 aromatic rings. The number of ether oxygens (including phenoxy) is 2. The van der Waals surface area contributed by atoms with Crippen molar-refractivity contribution >= 4 is 33.5 Å². The lowest BCUT2D eigenvalue weighted by Crippen LogP contribution is -2.09. The van der Waals surface area contributed by atoms with E-state index >= 15 is 0 Å². The summed E-state index contributed by atoms with van der Waals surface area (Å²) in [6.45, 7) is 4.29. The molecule has 4 heteroatoms. The van der Waals surface area contributed by atoms with Gasteiger partial charge in [-0.1, -0.05) is 54.1 Å². The van der Waals surface area contributed by atoms with E-state index in [9.17, 15) is 9.59 Å². The first kappa shape index (κ1) is 19.6. The molecule has 0 unspecified atom stereocenters. The Balaban J connectivity index is 1.64. The van der Waals surface area contributed by atoms with Crippen LogP contribution in [0.5, 0.6) is 0 Å². The molecule has 144 valence electrons. The second-order valence-electron chi connectivity index (χ2n) is 6.93. The highest BCUT2D eigenvalue weighted by Gasteiger charge is 2.16. The van der Waals surface area contributed by atoms with E-state index in [2.05, 4.69) is 6.07 Å². The summed E-state index contributed by atoms with van der Waals surface area (Å²) >= 11 is 0. The molecule has 3 aromatic carbocycles. The van der Waals surface area contributed by atoms with E-state index in [1.807, 2.05) is 62.4 Å².